The highest BCUT2D eigenvalue weighted by Gasteiger charge is 2.54. The van der Waals surface area contributed by atoms with Gasteiger partial charge in [-0.05, 0) is 48.0 Å². The van der Waals surface area contributed by atoms with Gasteiger partial charge in [0.2, 0.25) is 5.91 Å². The molecular weight excluding hydrogens is 711 g/mol. The molecule has 2 N–H and O–H groups in total. The number of β-lactam (4-membered cyclic amide) rings is 1. The average Bonchev–Trinajstić information content (AvgIpc) is 3.11. The number of amides is 2. The molecule has 3 heterocycles. The van der Waals surface area contributed by atoms with Gasteiger partial charge in [-0.3, -0.25) is 19.3 Å². The maximum Gasteiger partial charge on any atom is 0.355 e. The summed E-state index contributed by atoms with van der Waals surface area (Å²) in [5.41, 5.74) is 1.16. The Morgan fingerprint density at radius 3 is 2.64 bits per heavy atom. The highest BCUT2D eigenvalue weighted by atomic mass is 35.5. The standard InChI is InChI=1S/C34H34Cl2N4O9S/c1-3-10-49-34(44)29-20(19-50-33-28(32(43)40(29)33)38-27(41)18-47-15-14-46-13-12-45-2)5-4-11-48-26-9-7-22(36)17-24(26)30-37-25-8-6-21(35)16-23(25)31(42)39-30/h3-9,16-17,28,33H,1,10-15,18-19H2,2H3,(H,38,41)(H,37,39,42)/b5-4+/t28-,33?/m1/s1. The number of H-pyrrole nitrogens is 1. The van der Waals surface area contributed by atoms with Crippen molar-refractivity contribution >= 4 is 63.7 Å². The Kier molecular flexibility index (Phi) is 13.1. The molecule has 264 valence electrons. The van der Waals surface area contributed by atoms with Crippen LogP contribution >= 0.6 is 35.0 Å². The van der Waals surface area contributed by atoms with Crippen LogP contribution in [-0.2, 0) is 33.3 Å². The summed E-state index contributed by atoms with van der Waals surface area (Å²) < 4.78 is 26.9. The number of esters is 1. The molecule has 0 aliphatic carbocycles. The van der Waals surface area contributed by atoms with Gasteiger partial charge in [-0.1, -0.05) is 41.9 Å². The summed E-state index contributed by atoms with van der Waals surface area (Å²) in [4.78, 5) is 60.3. The van der Waals surface area contributed by atoms with Crippen LogP contribution in [0, 0.1) is 0 Å². The van der Waals surface area contributed by atoms with E-state index in [-0.39, 0.29) is 43.5 Å². The van der Waals surface area contributed by atoms with Gasteiger partial charge >= 0.3 is 5.97 Å². The molecule has 5 rings (SSSR count). The number of halogens is 2. The highest BCUT2D eigenvalue weighted by Crippen LogP contribution is 2.41. The van der Waals surface area contributed by atoms with Gasteiger partial charge in [0.25, 0.3) is 11.5 Å². The second-order valence-electron chi connectivity index (χ2n) is 10.8. The molecular formula is C34H34Cl2N4O9S. The van der Waals surface area contributed by atoms with Gasteiger partial charge < -0.3 is 34.0 Å². The quantitative estimate of drug-likeness (QED) is 0.0894. The fourth-order valence-electron chi connectivity index (χ4n) is 5.09. The number of nitrogens with zero attached hydrogens (tertiary/aromatic N) is 2. The van der Waals surface area contributed by atoms with E-state index >= 15 is 0 Å². The van der Waals surface area contributed by atoms with Crippen LogP contribution in [0.15, 0.2) is 77.3 Å². The first-order chi connectivity index (χ1) is 24.2. The lowest BCUT2D eigenvalue weighted by molar-refractivity contribution is -0.152. The number of hydrogen-bond donors (Lipinski definition) is 2. The van der Waals surface area contributed by atoms with E-state index in [1.807, 2.05) is 0 Å². The maximum atomic E-state index is 13.2. The topological polar surface area (TPSA) is 158 Å². The normalized spacial score (nSPS) is 17.1. The Balaban J connectivity index is 1.26. The van der Waals surface area contributed by atoms with E-state index < -0.39 is 29.2 Å². The van der Waals surface area contributed by atoms with Crippen molar-refractivity contribution in [2.75, 3.05) is 59.1 Å². The summed E-state index contributed by atoms with van der Waals surface area (Å²) >= 11 is 13.7. The number of carbonyl (C=O) groups excluding carboxylic acids is 3. The lowest BCUT2D eigenvalue weighted by Crippen LogP contribution is -2.70. The molecule has 1 fully saturated rings. The zero-order valence-corrected chi connectivity index (χ0v) is 29.3. The highest BCUT2D eigenvalue weighted by molar-refractivity contribution is 8.00. The second-order valence-corrected chi connectivity index (χ2v) is 12.8. The minimum atomic E-state index is -0.833. The molecule has 13 nitrogen and oxygen atoms in total. The molecule has 16 heteroatoms. The van der Waals surface area contributed by atoms with E-state index in [0.717, 1.165) is 0 Å². The fourth-order valence-corrected chi connectivity index (χ4v) is 6.75. The van der Waals surface area contributed by atoms with Crippen LogP contribution in [0.2, 0.25) is 10.0 Å². The van der Waals surface area contributed by atoms with Crippen molar-refractivity contribution in [2.45, 2.75) is 11.4 Å². The Labute approximate surface area is 301 Å². The smallest absolute Gasteiger partial charge is 0.355 e. The number of allylic oxidation sites excluding steroid dienone is 1. The molecule has 0 bridgehead atoms. The molecule has 2 amide bonds. The fraction of sp³-hybridized carbons (Fsp3) is 0.324. The lowest BCUT2D eigenvalue weighted by Gasteiger charge is -2.49. The predicted octanol–water partition coefficient (Wildman–Crippen LogP) is 3.89. The number of carbonyl (C=O) groups is 3. The van der Waals surface area contributed by atoms with Crippen LogP contribution in [0.1, 0.15) is 0 Å². The molecule has 2 atom stereocenters. The molecule has 1 unspecified atom stereocenters. The van der Waals surface area contributed by atoms with Gasteiger partial charge in [0.05, 0.1) is 42.9 Å². The van der Waals surface area contributed by atoms with Crippen LogP contribution in [-0.4, -0.2) is 103 Å². The third-order valence-corrected chi connectivity index (χ3v) is 9.17. The van der Waals surface area contributed by atoms with Crippen LogP contribution in [0.5, 0.6) is 5.75 Å². The minimum absolute atomic E-state index is 0.0494. The maximum absolute atomic E-state index is 13.2. The second kappa shape index (κ2) is 17.7. The molecule has 2 aromatic carbocycles. The summed E-state index contributed by atoms with van der Waals surface area (Å²) in [5.74, 6) is -0.602. The number of benzene rings is 2. The number of hydrogen-bond acceptors (Lipinski definition) is 11. The van der Waals surface area contributed by atoms with Gasteiger partial charge in [-0.2, -0.15) is 0 Å². The molecule has 2 aliphatic rings. The van der Waals surface area contributed by atoms with Gasteiger partial charge in [0.1, 0.15) is 48.5 Å². The molecule has 0 radical (unpaired) electrons. The molecule has 3 aromatic rings. The third kappa shape index (κ3) is 8.94. The van der Waals surface area contributed by atoms with Crippen molar-refractivity contribution in [3.8, 4) is 17.1 Å². The van der Waals surface area contributed by atoms with Crippen molar-refractivity contribution < 1.29 is 38.1 Å². The Morgan fingerprint density at radius 2 is 1.84 bits per heavy atom. The SMILES string of the molecule is C=CCOC(=O)C1=C(/C=C/COc2ccc(Cl)cc2-c2nc3ccc(Cl)cc3c(=O)[nH]2)CSC2[C@H](NC(=O)COCCOCCOC)C(=O)N12. The molecule has 2 aliphatic heterocycles. The first-order valence-corrected chi connectivity index (χ1v) is 17.2. The van der Waals surface area contributed by atoms with Crippen molar-refractivity contribution in [3.63, 3.8) is 0 Å². The van der Waals surface area contributed by atoms with E-state index in [1.165, 1.54) is 22.7 Å². The monoisotopic (exact) mass is 744 g/mol. The van der Waals surface area contributed by atoms with Crippen molar-refractivity contribution in [1.29, 1.82) is 0 Å². The number of thioether (sulfide) groups is 1. The van der Waals surface area contributed by atoms with Gasteiger partial charge in [0.15, 0.2) is 0 Å². The number of aromatic amines is 1. The molecule has 50 heavy (non-hydrogen) atoms. The molecule has 0 saturated carbocycles. The third-order valence-electron chi connectivity index (χ3n) is 7.40. The largest absolute Gasteiger partial charge is 0.489 e. The average molecular weight is 746 g/mol. The van der Waals surface area contributed by atoms with Gasteiger partial charge in [-0.25, -0.2) is 9.78 Å². The van der Waals surface area contributed by atoms with Crippen LogP contribution < -0.4 is 15.6 Å². The van der Waals surface area contributed by atoms with Gasteiger partial charge in [0, 0.05) is 22.9 Å². The zero-order chi connectivity index (χ0) is 35.6. The van der Waals surface area contributed by atoms with E-state index in [2.05, 4.69) is 21.9 Å². The Morgan fingerprint density at radius 1 is 1.08 bits per heavy atom. The van der Waals surface area contributed by atoms with E-state index in [1.54, 1.807) is 55.7 Å². The number of nitrogens with one attached hydrogen (secondary N) is 2. The van der Waals surface area contributed by atoms with E-state index in [0.29, 0.717) is 63.4 Å². The summed E-state index contributed by atoms with van der Waals surface area (Å²) in [7, 11) is 1.57. The van der Waals surface area contributed by atoms with Crippen molar-refractivity contribution in [2.24, 2.45) is 0 Å². The summed E-state index contributed by atoms with van der Waals surface area (Å²) in [6, 6.07) is 8.94. The van der Waals surface area contributed by atoms with E-state index in [4.69, 9.17) is 46.9 Å². The van der Waals surface area contributed by atoms with Crippen LogP contribution in [0.25, 0.3) is 22.3 Å². The predicted molar refractivity (Wildman–Crippen MR) is 189 cm³/mol. The van der Waals surface area contributed by atoms with Crippen molar-refractivity contribution in [3.05, 3.63) is 92.9 Å². The summed E-state index contributed by atoms with van der Waals surface area (Å²) in [6.07, 6.45) is 4.80. The molecule has 1 aromatic heterocycles. The summed E-state index contributed by atoms with van der Waals surface area (Å²) in [5, 5.41) is 3.36. The van der Waals surface area contributed by atoms with E-state index in [9.17, 15) is 19.2 Å². The first-order valence-electron chi connectivity index (χ1n) is 15.4. The number of fused-ring (bicyclic) bond motifs is 2. The number of aromatic nitrogens is 2. The van der Waals surface area contributed by atoms with Gasteiger partial charge in [-0.15, -0.1) is 11.8 Å². The first kappa shape index (κ1) is 37.1. The van der Waals surface area contributed by atoms with Crippen molar-refractivity contribution in [1.82, 2.24) is 20.2 Å². The van der Waals surface area contributed by atoms with Crippen LogP contribution in [0.4, 0.5) is 0 Å². The number of ether oxygens (including phenoxy) is 5. The zero-order valence-electron chi connectivity index (χ0n) is 26.9. The Bertz CT molecular complexity index is 1880. The molecule has 1 saturated heterocycles. The lowest BCUT2D eigenvalue weighted by atomic mass is 10.0. The Hall–Kier alpha value is -4.18. The molecule has 0 spiro atoms. The summed E-state index contributed by atoms with van der Waals surface area (Å²) in [6.45, 7) is 4.72. The minimum Gasteiger partial charge on any atom is -0.489 e. The number of methoxy groups -OCH3 is 1. The van der Waals surface area contributed by atoms with Crippen LogP contribution in [0.3, 0.4) is 0 Å². The number of rotatable bonds is 17.